The van der Waals surface area contributed by atoms with Gasteiger partial charge in [0.1, 0.15) is 18.4 Å². The Bertz CT molecular complexity index is 1240. The third-order valence-corrected chi connectivity index (χ3v) is 5.87. The molecule has 3 aromatic carbocycles. The number of carboxylic acids is 1. The van der Waals surface area contributed by atoms with E-state index in [0.29, 0.717) is 21.2 Å². The van der Waals surface area contributed by atoms with Gasteiger partial charge in [-0.05, 0) is 53.4 Å². The highest BCUT2D eigenvalue weighted by Gasteiger charge is 2.35. The fourth-order valence-corrected chi connectivity index (χ4v) is 4.23. The molecule has 7 nitrogen and oxygen atoms in total. The summed E-state index contributed by atoms with van der Waals surface area (Å²) in [5.41, 5.74) is 2.03. The normalized spacial score (nSPS) is 15.2. The number of carboxylic acid groups (broad SMARTS) is 1. The number of ether oxygens (including phenoxy) is 2. The lowest BCUT2D eigenvalue weighted by Crippen LogP contribution is -2.38. The van der Waals surface area contributed by atoms with Gasteiger partial charge in [-0.25, -0.2) is 18.4 Å². The molecule has 1 atom stereocenters. The molecule has 3 aromatic rings. The van der Waals surface area contributed by atoms with Crippen molar-refractivity contribution < 1.29 is 37.8 Å². The molecule has 35 heavy (non-hydrogen) atoms. The third kappa shape index (κ3) is 5.95. The molecular formula is C25H20BrF2NO6. The van der Waals surface area contributed by atoms with E-state index in [0.717, 1.165) is 17.7 Å². The summed E-state index contributed by atoms with van der Waals surface area (Å²) in [6.07, 6.45) is -0.707. The molecule has 10 heteroatoms. The number of hydroxylamine groups is 2. The second-order valence-electron chi connectivity index (χ2n) is 7.74. The minimum Gasteiger partial charge on any atom is -0.482 e. The van der Waals surface area contributed by atoms with Crippen LogP contribution in [0, 0.1) is 11.6 Å². The smallest absolute Gasteiger partial charge is 0.482 e. The van der Waals surface area contributed by atoms with Gasteiger partial charge in [-0.15, -0.1) is 5.06 Å². The average Bonchev–Trinajstić information content (AvgIpc) is 2.83. The number of rotatable bonds is 7. The Labute approximate surface area is 207 Å². The molecule has 0 radical (unpaired) electrons. The van der Waals surface area contributed by atoms with Gasteiger partial charge in [-0.1, -0.05) is 46.3 Å². The minimum atomic E-state index is -1.19. The summed E-state index contributed by atoms with van der Waals surface area (Å²) in [7, 11) is 0. The number of fused-ring (bicyclic) bond motifs is 1. The van der Waals surface area contributed by atoms with Crippen LogP contribution in [0.4, 0.5) is 13.6 Å². The Morgan fingerprint density at radius 3 is 2.51 bits per heavy atom. The Morgan fingerprint density at radius 2 is 1.77 bits per heavy atom. The number of carbonyl (C=O) groups is 2. The van der Waals surface area contributed by atoms with Crippen molar-refractivity contribution >= 4 is 28.1 Å². The SMILES string of the molecule is O=C(O)COc1ccc(Br)cc1C1c2cc(F)c(F)cc2CCN1OC(=O)OCc1ccccc1. The Morgan fingerprint density at radius 1 is 1.03 bits per heavy atom. The number of nitrogens with zero attached hydrogens (tertiary/aromatic N) is 1. The maximum atomic E-state index is 14.3. The summed E-state index contributed by atoms with van der Waals surface area (Å²) in [6, 6.07) is 15.1. The molecule has 1 unspecified atom stereocenters. The fourth-order valence-electron chi connectivity index (χ4n) is 3.85. The standard InChI is InChI=1S/C25H20BrF2NO6/c26-17-6-7-22(33-14-23(30)31)19(11-17)24-18-12-21(28)20(27)10-16(18)8-9-29(24)35-25(32)34-13-15-4-2-1-3-5-15/h1-7,10-12,24H,8-9,13-14H2,(H,30,31). The van der Waals surface area contributed by atoms with E-state index in [1.807, 2.05) is 6.07 Å². The molecular weight excluding hydrogens is 528 g/mol. The number of hydrogen-bond donors (Lipinski definition) is 1. The predicted octanol–water partition coefficient (Wildman–Crippen LogP) is 5.41. The minimum absolute atomic E-state index is 0.0154. The lowest BCUT2D eigenvalue weighted by atomic mass is 9.88. The first-order chi connectivity index (χ1) is 16.8. The molecule has 0 aromatic heterocycles. The Hall–Kier alpha value is -3.50. The third-order valence-electron chi connectivity index (χ3n) is 5.38. The highest BCUT2D eigenvalue weighted by molar-refractivity contribution is 9.10. The van der Waals surface area contributed by atoms with Crippen LogP contribution in [0.25, 0.3) is 0 Å². The number of carbonyl (C=O) groups excluding carboxylic acids is 1. The van der Waals surface area contributed by atoms with Gasteiger partial charge in [0, 0.05) is 16.6 Å². The van der Waals surface area contributed by atoms with Gasteiger partial charge in [-0.3, -0.25) is 0 Å². The molecule has 182 valence electrons. The first kappa shape index (κ1) is 24.6. The summed E-state index contributed by atoms with van der Waals surface area (Å²) in [6.45, 7) is -0.488. The quantitative estimate of drug-likeness (QED) is 0.396. The monoisotopic (exact) mass is 547 g/mol. The van der Waals surface area contributed by atoms with E-state index in [1.165, 1.54) is 5.06 Å². The number of halogens is 3. The van der Waals surface area contributed by atoms with Crippen molar-refractivity contribution in [1.82, 2.24) is 5.06 Å². The van der Waals surface area contributed by atoms with Gasteiger partial charge in [0.25, 0.3) is 0 Å². The van der Waals surface area contributed by atoms with Crippen molar-refractivity contribution in [3.05, 3.63) is 99.0 Å². The predicted molar refractivity (Wildman–Crippen MR) is 124 cm³/mol. The summed E-state index contributed by atoms with van der Waals surface area (Å²) >= 11 is 3.37. The van der Waals surface area contributed by atoms with E-state index in [4.69, 9.17) is 19.4 Å². The van der Waals surface area contributed by atoms with Crippen LogP contribution >= 0.6 is 15.9 Å². The molecule has 4 rings (SSSR count). The lowest BCUT2D eigenvalue weighted by Gasteiger charge is -2.36. The average molecular weight is 548 g/mol. The van der Waals surface area contributed by atoms with Gasteiger partial charge >= 0.3 is 12.1 Å². The van der Waals surface area contributed by atoms with Crippen LogP contribution in [-0.4, -0.2) is 35.4 Å². The van der Waals surface area contributed by atoms with Crippen LogP contribution in [0.15, 0.2) is 65.1 Å². The van der Waals surface area contributed by atoms with E-state index in [2.05, 4.69) is 15.9 Å². The van der Waals surface area contributed by atoms with Crippen molar-refractivity contribution in [3.63, 3.8) is 0 Å². The van der Waals surface area contributed by atoms with E-state index < -0.39 is 36.4 Å². The van der Waals surface area contributed by atoms with Crippen LogP contribution in [0.1, 0.15) is 28.3 Å². The first-order valence-corrected chi connectivity index (χ1v) is 11.4. The molecule has 0 bridgehead atoms. The molecule has 1 N–H and O–H groups in total. The van der Waals surface area contributed by atoms with Crippen molar-refractivity contribution in [2.75, 3.05) is 13.2 Å². The van der Waals surface area contributed by atoms with Crippen LogP contribution < -0.4 is 4.74 Å². The van der Waals surface area contributed by atoms with E-state index >= 15 is 0 Å². The molecule has 0 fully saturated rings. The number of hydrogen-bond acceptors (Lipinski definition) is 6. The summed E-state index contributed by atoms with van der Waals surface area (Å²) < 4.78 is 39.5. The van der Waals surface area contributed by atoms with Gasteiger partial charge in [0.15, 0.2) is 18.2 Å². The summed E-state index contributed by atoms with van der Waals surface area (Å²) in [4.78, 5) is 29.1. The molecule has 0 saturated heterocycles. The largest absolute Gasteiger partial charge is 0.528 e. The zero-order chi connectivity index (χ0) is 24.9. The maximum absolute atomic E-state index is 14.3. The molecule has 1 heterocycles. The topological polar surface area (TPSA) is 85.3 Å². The molecule has 0 saturated carbocycles. The van der Waals surface area contributed by atoms with Crippen molar-refractivity contribution in [2.45, 2.75) is 19.1 Å². The van der Waals surface area contributed by atoms with Crippen LogP contribution in [0.3, 0.4) is 0 Å². The Balaban J connectivity index is 1.67. The van der Waals surface area contributed by atoms with E-state index in [1.54, 1.807) is 42.5 Å². The van der Waals surface area contributed by atoms with Gasteiger partial charge in [-0.2, -0.15) is 0 Å². The second-order valence-corrected chi connectivity index (χ2v) is 8.65. The fraction of sp³-hybridized carbons (Fsp3) is 0.200. The second kappa shape index (κ2) is 10.8. The highest BCUT2D eigenvalue weighted by atomic mass is 79.9. The molecule has 0 spiro atoms. The molecule has 0 amide bonds. The number of benzene rings is 3. The zero-order valence-corrected chi connectivity index (χ0v) is 19.8. The van der Waals surface area contributed by atoms with Crippen molar-refractivity contribution in [3.8, 4) is 5.75 Å². The molecule has 1 aliphatic heterocycles. The molecule has 0 aliphatic carbocycles. The van der Waals surface area contributed by atoms with Crippen LogP contribution in [0.2, 0.25) is 0 Å². The van der Waals surface area contributed by atoms with Gasteiger partial charge in [0.05, 0.1) is 0 Å². The van der Waals surface area contributed by atoms with E-state index in [-0.39, 0.29) is 25.3 Å². The zero-order valence-electron chi connectivity index (χ0n) is 18.2. The van der Waals surface area contributed by atoms with Crippen molar-refractivity contribution in [1.29, 1.82) is 0 Å². The van der Waals surface area contributed by atoms with Gasteiger partial charge in [0.2, 0.25) is 0 Å². The van der Waals surface area contributed by atoms with Crippen LogP contribution in [0.5, 0.6) is 5.75 Å². The summed E-state index contributed by atoms with van der Waals surface area (Å²) in [5.74, 6) is -3.06. The van der Waals surface area contributed by atoms with Gasteiger partial charge < -0.3 is 19.4 Å². The highest BCUT2D eigenvalue weighted by Crippen LogP contribution is 2.41. The maximum Gasteiger partial charge on any atom is 0.528 e. The summed E-state index contributed by atoms with van der Waals surface area (Å²) in [5, 5.41) is 10.4. The Kier molecular flexibility index (Phi) is 7.62. The van der Waals surface area contributed by atoms with Crippen molar-refractivity contribution in [2.24, 2.45) is 0 Å². The first-order valence-electron chi connectivity index (χ1n) is 10.6. The lowest BCUT2D eigenvalue weighted by molar-refractivity contribution is -0.152. The number of aliphatic carboxylic acids is 1. The van der Waals surface area contributed by atoms with Crippen LogP contribution in [-0.2, 0) is 27.4 Å². The molecule has 1 aliphatic rings. The van der Waals surface area contributed by atoms with E-state index in [9.17, 15) is 18.4 Å².